The Balaban J connectivity index is 1.58. The Morgan fingerprint density at radius 2 is 2.30 bits per heavy atom. The molecule has 0 aromatic carbocycles. The Morgan fingerprint density at radius 3 is 2.90 bits per heavy atom. The number of rotatable bonds is 6. The summed E-state index contributed by atoms with van der Waals surface area (Å²) < 4.78 is 0. The number of aryl methyl sites for hydroxylation is 2. The van der Waals surface area contributed by atoms with Crippen LogP contribution in [0.15, 0.2) is 6.20 Å². The van der Waals surface area contributed by atoms with Gasteiger partial charge in [-0.1, -0.05) is 0 Å². The lowest BCUT2D eigenvalue weighted by molar-refractivity contribution is -0.139. The molecule has 1 aromatic rings. The highest BCUT2D eigenvalue weighted by atomic mass is 16.4. The predicted octanol–water partition coefficient (Wildman–Crippen LogP) is 0.767. The fourth-order valence-electron chi connectivity index (χ4n) is 2.33. The Morgan fingerprint density at radius 1 is 1.55 bits per heavy atom. The molecule has 0 bridgehead atoms. The van der Waals surface area contributed by atoms with E-state index in [1.54, 1.807) is 4.90 Å². The molecule has 0 aliphatic carbocycles. The number of amides is 2. The molecule has 2 amide bonds. The van der Waals surface area contributed by atoms with Crippen molar-refractivity contribution in [1.82, 2.24) is 20.4 Å². The normalized spacial score (nSPS) is 14.9. The highest BCUT2D eigenvalue weighted by molar-refractivity contribution is 5.75. The van der Waals surface area contributed by atoms with Crippen molar-refractivity contribution in [2.75, 3.05) is 19.6 Å². The summed E-state index contributed by atoms with van der Waals surface area (Å²) in [5.74, 6) is -0.697. The second-order valence-corrected chi connectivity index (χ2v) is 5.22. The van der Waals surface area contributed by atoms with E-state index >= 15 is 0 Å². The fraction of sp³-hybridized carbons (Fsp3) is 0.615. The van der Waals surface area contributed by atoms with Crippen molar-refractivity contribution in [3.05, 3.63) is 17.5 Å². The molecule has 0 spiro atoms. The van der Waals surface area contributed by atoms with Gasteiger partial charge in [-0.25, -0.2) is 4.79 Å². The number of carbonyl (C=O) groups excluding carboxylic acids is 1. The molecule has 1 saturated heterocycles. The number of carboxylic acids is 1. The van der Waals surface area contributed by atoms with Crippen LogP contribution in [0.1, 0.15) is 24.1 Å². The van der Waals surface area contributed by atoms with Crippen molar-refractivity contribution in [1.29, 1.82) is 0 Å². The quantitative estimate of drug-likeness (QED) is 0.670. The standard InChI is InChI=1S/C13H20N4O3/c1-9-11(6-15-16-9)3-2-4-14-13(20)17-7-10(8-17)5-12(18)19/h6,10H,2-5,7-8H2,1H3,(H,14,20)(H,15,16)(H,18,19). The van der Waals surface area contributed by atoms with Crippen LogP contribution in [0.5, 0.6) is 0 Å². The summed E-state index contributed by atoms with van der Waals surface area (Å²) in [6, 6.07) is -0.101. The van der Waals surface area contributed by atoms with E-state index in [9.17, 15) is 9.59 Å². The molecule has 3 N–H and O–H groups in total. The Hall–Kier alpha value is -2.05. The maximum atomic E-state index is 11.7. The third kappa shape index (κ3) is 3.72. The number of H-pyrrole nitrogens is 1. The molecular weight excluding hydrogens is 260 g/mol. The first kappa shape index (κ1) is 14.4. The van der Waals surface area contributed by atoms with Gasteiger partial charge in [0.05, 0.1) is 12.6 Å². The van der Waals surface area contributed by atoms with E-state index < -0.39 is 5.97 Å². The van der Waals surface area contributed by atoms with Crippen LogP contribution in [0.4, 0.5) is 4.79 Å². The van der Waals surface area contributed by atoms with Crippen molar-refractivity contribution in [3.8, 4) is 0 Å². The number of aromatic nitrogens is 2. The predicted molar refractivity (Wildman–Crippen MR) is 72.4 cm³/mol. The third-order valence-corrected chi connectivity index (χ3v) is 3.54. The Kier molecular flexibility index (Phi) is 4.60. The van der Waals surface area contributed by atoms with E-state index in [0.29, 0.717) is 19.6 Å². The smallest absolute Gasteiger partial charge is 0.317 e. The van der Waals surface area contributed by atoms with Crippen molar-refractivity contribution >= 4 is 12.0 Å². The molecule has 1 aromatic heterocycles. The molecule has 1 aliphatic heterocycles. The second-order valence-electron chi connectivity index (χ2n) is 5.22. The molecule has 20 heavy (non-hydrogen) atoms. The molecule has 1 fully saturated rings. The van der Waals surface area contributed by atoms with Crippen LogP contribution in [0.3, 0.4) is 0 Å². The van der Waals surface area contributed by atoms with E-state index in [0.717, 1.165) is 18.5 Å². The summed E-state index contributed by atoms with van der Waals surface area (Å²) >= 11 is 0. The van der Waals surface area contributed by atoms with Gasteiger partial charge in [-0.2, -0.15) is 5.10 Å². The van der Waals surface area contributed by atoms with Gasteiger partial charge in [0.1, 0.15) is 0 Å². The number of likely N-dealkylation sites (tertiary alicyclic amines) is 1. The summed E-state index contributed by atoms with van der Waals surface area (Å²) in [5.41, 5.74) is 2.24. The number of nitrogens with one attached hydrogen (secondary N) is 2. The van der Waals surface area contributed by atoms with Gasteiger partial charge in [0.15, 0.2) is 0 Å². The summed E-state index contributed by atoms with van der Waals surface area (Å²) in [4.78, 5) is 23.9. The number of nitrogens with zero attached hydrogens (tertiary/aromatic N) is 2. The number of hydrogen-bond donors (Lipinski definition) is 3. The van der Waals surface area contributed by atoms with Crippen LogP contribution in [0, 0.1) is 12.8 Å². The van der Waals surface area contributed by atoms with Crippen molar-refractivity contribution in [3.63, 3.8) is 0 Å². The number of aromatic amines is 1. The van der Waals surface area contributed by atoms with Gasteiger partial charge in [-0.05, 0) is 25.3 Å². The van der Waals surface area contributed by atoms with Crippen molar-refractivity contribution in [2.45, 2.75) is 26.2 Å². The minimum atomic E-state index is -0.800. The summed E-state index contributed by atoms with van der Waals surface area (Å²) in [7, 11) is 0. The van der Waals surface area contributed by atoms with E-state index in [1.165, 1.54) is 5.56 Å². The molecule has 110 valence electrons. The zero-order valence-electron chi connectivity index (χ0n) is 11.6. The molecule has 1 aliphatic rings. The monoisotopic (exact) mass is 280 g/mol. The first-order valence-electron chi connectivity index (χ1n) is 6.79. The van der Waals surface area contributed by atoms with Crippen LogP contribution < -0.4 is 5.32 Å². The molecule has 7 heteroatoms. The van der Waals surface area contributed by atoms with E-state index in [2.05, 4.69) is 15.5 Å². The lowest BCUT2D eigenvalue weighted by Crippen LogP contribution is -2.54. The molecule has 0 atom stereocenters. The van der Waals surface area contributed by atoms with Crippen molar-refractivity contribution in [2.24, 2.45) is 5.92 Å². The van der Waals surface area contributed by atoms with Crippen LogP contribution in [0.2, 0.25) is 0 Å². The SMILES string of the molecule is Cc1[nH]ncc1CCCNC(=O)N1CC(CC(=O)O)C1. The van der Waals surface area contributed by atoms with Crippen LogP contribution >= 0.6 is 0 Å². The number of carboxylic acid groups (broad SMARTS) is 1. The molecule has 2 rings (SSSR count). The highest BCUT2D eigenvalue weighted by Gasteiger charge is 2.31. The molecule has 7 nitrogen and oxygen atoms in total. The van der Waals surface area contributed by atoms with Crippen LogP contribution in [-0.4, -0.2) is 51.8 Å². The van der Waals surface area contributed by atoms with Gasteiger partial charge in [0.2, 0.25) is 0 Å². The zero-order chi connectivity index (χ0) is 14.5. The summed E-state index contributed by atoms with van der Waals surface area (Å²) in [6.07, 6.45) is 3.69. The fourth-order valence-corrected chi connectivity index (χ4v) is 2.33. The van der Waals surface area contributed by atoms with Crippen LogP contribution in [0.25, 0.3) is 0 Å². The molecule has 0 radical (unpaired) electrons. The van der Waals surface area contributed by atoms with Gasteiger partial charge < -0.3 is 15.3 Å². The van der Waals surface area contributed by atoms with Gasteiger partial charge in [-0.3, -0.25) is 9.89 Å². The third-order valence-electron chi connectivity index (χ3n) is 3.54. The number of aliphatic carboxylic acids is 1. The van der Waals surface area contributed by atoms with E-state index in [1.807, 2.05) is 13.1 Å². The topological polar surface area (TPSA) is 98.3 Å². The van der Waals surface area contributed by atoms with E-state index in [4.69, 9.17) is 5.11 Å². The average molecular weight is 280 g/mol. The number of urea groups is 1. The minimum absolute atomic E-state index is 0.101. The summed E-state index contributed by atoms with van der Waals surface area (Å²) in [5, 5.41) is 18.3. The van der Waals surface area contributed by atoms with Gasteiger partial charge in [0, 0.05) is 31.2 Å². The average Bonchev–Trinajstić information content (AvgIpc) is 2.74. The van der Waals surface area contributed by atoms with E-state index in [-0.39, 0.29) is 18.4 Å². The maximum absolute atomic E-state index is 11.7. The largest absolute Gasteiger partial charge is 0.481 e. The first-order chi connectivity index (χ1) is 9.56. The zero-order valence-corrected chi connectivity index (χ0v) is 11.6. The maximum Gasteiger partial charge on any atom is 0.317 e. The van der Waals surface area contributed by atoms with Gasteiger partial charge in [0.25, 0.3) is 0 Å². The van der Waals surface area contributed by atoms with Crippen molar-refractivity contribution < 1.29 is 14.7 Å². The number of hydrogen-bond acceptors (Lipinski definition) is 3. The lowest BCUT2D eigenvalue weighted by atomic mass is 9.97. The van der Waals surface area contributed by atoms with Gasteiger partial charge in [-0.15, -0.1) is 0 Å². The summed E-state index contributed by atoms with van der Waals surface area (Å²) in [6.45, 7) is 3.67. The molecule has 0 saturated carbocycles. The van der Waals surface area contributed by atoms with Crippen LogP contribution in [-0.2, 0) is 11.2 Å². The molecule has 0 unspecified atom stereocenters. The Labute approximate surface area is 117 Å². The van der Waals surface area contributed by atoms with Gasteiger partial charge >= 0.3 is 12.0 Å². The first-order valence-corrected chi connectivity index (χ1v) is 6.79. The Bertz CT molecular complexity index is 480. The minimum Gasteiger partial charge on any atom is -0.481 e. The second kappa shape index (κ2) is 6.40. The highest BCUT2D eigenvalue weighted by Crippen LogP contribution is 2.18. The molecular formula is C13H20N4O3. The molecule has 2 heterocycles. The lowest BCUT2D eigenvalue weighted by Gasteiger charge is -2.38. The number of carbonyl (C=O) groups is 2.